The predicted octanol–water partition coefficient (Wildman–Crippen LogP) is 3.76. The number of rotatable bonds is 7. The van der Waals surface area contributed by atoms with Crippen molar-refractivity contribution in [2.75, 3.05) is 18.1 Å². The molecule has 1 nitrogen and oxygen atoms in total. The Morgan fingerprint density at radius 2 is 2.00 bits per heavy atom. The van der Waals surface area contributed by atoms with Crippen LogP contribution in [0.4, 0.5) is 8.78 Å². The van der Waals surface area contributed by atoms with Crippen LogP contribution >= 0.6 is 11.8 Å². The summed E-state index contributed by atoms with van der Waals surface area (Å²) >= 11 is 1.83. The van der Waals surface area contributed by atoms with E-state index in [1.54, 1.807) is 6.07 Å². The third-order valence-electron chi connectivity index (χ3n) is 2.43. The van der Waals surface area contributed by atoms with Gasteiger partial charge in [-0.2, -0.15) is 11.8 Å². The fraction of sp³-hybridized carbons (Fsp3) is 0.538. The van der Waals surface area contributed by atoms with E-state index in [0.29, 0.717) is 0 Å². The van der Waals surface area contributed by atoms with Crippen LogP contribution < -0.4 is 5.32 Å². The summed E-state index contributed by atoms with van der Waals surface area (Å²) in [6.45, 7) is 4.96. The minimum absolute atomic E-state index is 0.0895. The van der Waals surface area contributed by atoms with Crippen LogP contribution in [-0.2, 0) is 0 Å². The molecule has 0 saturated heterocycles. The Morgan fingerprint density at radius 3 is 2.59 bits per heavy atom. The highest BCUT2D eigenvalue weighted by atomic mass is 32.2. The Bertz CT molecular complexity index is 344. The summed E-state index contributed by atoms with van der Waals surface area (Å²) in [6, 6.07) is 4.22. The molecule has 0 radical (unpaired) electrons. The summed E-state index contributed by atoms with van der Waals surface area (Å²) in [4.78, 5) is 0. The molecule has 0 fully saturated rings. The number of hydrogen-bond acceptors (Lipinski definition) is 2. The lowest BCUT2D eigenvalue weighted by Gasteiger charge is -2.18. The molecule has 0 aliphatic heterocycles. The molecule has 0 amide bonds. The molecule has 1 atom stereocenters. The van der Waals surface area contributed by atoms with Gasteiger partial charge in [0.05, 0.1) is 0 Å². The first-order valence-electron chi connectivity index (χ1n) is 5.95. The summed E-state index contributed by atoms with van der Waals surface area (Å²) < 4.78 is 26.0. The fourth-order valence-corrected chi connectivity index (χ4v) is 2.60. The van der Waals surface area contributed by atoms with E-state index in [9.17, 15) is 8.78 Å². The maximum absolute atomic E-state index is 13.2. The van der Waals surface area contributed by atoms with Crippen molar-refractivity contribution in [3.05, 3.63) is 35.4 Å². The van der Waals surface area contributed by atoms with E-state index in [-0.39, 0.29) is 6.04 Å². The first-order valence-corrected chi connectivity index (χ1v) is 7.10. The van der Waals surface area contributed by atoms with Crippen molar-refractivity contribution in [1.82, 2.24) is 5.32 Å². The average Bonchev–Trinajstić information content (AvgIpc) is 2.32. The van der Waals surface area contributed by atoms with Crippen LogP contribution in [0.3, 0.4) is 0 Å². The predicted molar refractivity (Wildman–Crippen MR) is 70.4 cm³/mol. The van der Waals surface area contributed by atoms with Crippen molar-refractivity contribution in [3.8, 4) is 0 Å². The quantitative estimate of drug-likeness (QED) is 0.748. The summed E-state index contributed by atoms with van der Waals surface area (Å²) in [5, 5.41) is 3.29. The van der Waals surface area contributed by atoms with Crippen LogP contribution in [-0.4, -0.2) is 18.1 Å². The van der Waals surface area contributed by atoms with Gasteiger partial charge in [0.25, 0.3) is 0 Å². The second-order valence-electron chi connectivity index (χ2n) is 3.86. The summed E-state index contributed by atoms with van der Waals surface area (Å²) in [5.41, 5.74) is 0.814. The summed E-state index contributed by atoms with van der Waals surface area (Å²) in [6.07, 6.45) is 1.13. The third kappa shape index (κ3) is 4.64. The molecule has 0 bridgehead atoms. The van der Waals surface area contributed by atoms with Crippen LogP contribution in [0, 0.1) is 11.6 Å². The van der Waals surface area contributed by atoms with Crippen molar-refractivity contribution in [1.29, 1.82) is 0 Å². The molecule has 96 valence electrons. The number of halogens is 2. The monoisotopic (exact) mass is 259 g/mol. The van der Waals surface area contributed by atoms with Gasteiger partial charge in [-0.3, -0.25) is 0 Å². The standard InChI is InChI=1S/C13H19F2NS/c1-3-7-17-9-13(16-4-2)10-5-6-11(14)12(15)8-10/h5-6,8,13,16H,3-4,7,9H2,1-2H3. The van der Waals surface area contributed by atoms with Gasteiger partial charge in [0.1, 0.15) is 0 Å². The van der Waals surface area contributed by atoms with E-state index < -0.39 is 11.6 Å². The first-order chi connectivity index (χ1) is 8.19. The van der Waals surface area contributed by atoms with Crippen LogP contribution in [0.5, 0.6) is 0 Å². The molecule has 4 heteroatoms. The molecule has 1 unspecified atom stereocenters. The molecule has 0 aliphatic carbocycles. The topological polar surface area (TPSA) is 12.0 Å². The maximum atomic E-state index is 13.2. The van der Waals surface area contributed by atoms with Gasteiger partial charge >= 0.3 is 0 Å². The van der Waals surface area contributed by atoms with Crippen LogP contribution in [0.2, 0.25) is 0 Å². The summed E-state index contributed by atoms with van der Waals surface area (Å²) in [5.74, 6) is 0.411. The van der Waals surface area contributed by atoms with Crippen molar-refractivity contribution in [2.24, 2.45) is 0 Å². The van der Waals surface area contributed by atoms with E-state index in [2.05, 4.69) is 12.2 Å². The number of benzene rings is 1. The van der Waals surface area contributed by atoms with Gasteiger partial charge in [-0.1, -0.05) is 19.9 Å². The Labute approximate surface area is 106 Å². The first kappa shape index (κ1) is 14.5. The fourth-order valence-electron chi connectivity index (χ4n) is 1.59. The van der Waals surface area contributed by atoms with Crippen molar-refractivity contribution >= 4 is 11.8 Å². The normalized spacial score (nSPS) is 12.7. The molecule has 1 aromatic rings. The molecule has 17 heavy (non-hydrogen) atoms. The number of nitrogens with one attached hydrogen (secondary N) is 1. The van der Waals surface area contributed by atoms with Gasteiger partial charge in [-0.25, -0.2) is 8.78 Å². The summed E-state index contributed by atoms with van der Waals surface area (Å²) in [7, 11) is 0. The molecule has 0 saturated carbocycles. The minimum atomic E-state index is -0.787. The SMILES string of the molecule is CCCSCC(NCC)c1ccc(F)c(F)c1. The lowest BCUT2D eigenvalue weighted by molar-refractivity contribution is 0.502. The van der Waals surface area contributed by atoms with E-state index >= 15 is 0 Å². The zero-order valence-electron chi connectivity index (χ0n) is 10.3. The molecule has 0 heterocycles. The Kier molecular flexibility index (Phi) is 6.52. The molecular weight excluding hydrogens is 240 g/mol. The zero-order valence-corrected chi connectivity index (χ0v) is 11.1. The van der Waals surface area contributed by atoms with E-state index in [1.165, 1.54) is 12.1 Å². The average molecular weight is 259 g/mol. The van der Waals surface area contributed by atoms with Gasteiger partial charge in [0.15, 0.2) is 11.6 Å². The lowest BCUT2D eigenvalue weighted by Crippen LogP contribution is -2.23. The van der Waals surface area contributed by atoms with Crippen LogP contribution in [0.15, 0.2) is 18.2 Å². The molecule has 1 N–H and O–H groups in total. The molecule has 1 rings (SSSR count). The van der Waals surface area contributed by atoms with E-state index in [4.69, 9.17) is 0 Å². The van der Waals surface area contributed by atoms with Crippen molar-refractivity contribution in [3.63, 3.8) is 0 Å². The Morgan fingerprint density at radius 1 is 1.24 bits per heavy atom. The Hall–Kier alpha value is -0.610. The largest absolute Gasteiger partial charge is 0.310 e. The van der Waals surface area contributed by atoms with Gasteiger partial charge in [0, 0.05) is 11.8 Å². The molecule has 0 spiro atoms. The van der Waals surface area contributed by atoms with Crippen LogP contribution in [0.1, 0.15) is 31.9 Å². The molecular formula is C13H19F2NS. The lowest BCUT2D eigenvalue weighted by atomic mass is 10.1. The zero-order chi connectivity index (χ0) is 12.7. The van der Waals surface area contributed by atoms with E-state index in [1.807, 2.05) is 18.7 Å². The van der Waals surface area contributed by atoms with E-state index in [0.717, 1.165) is 30.0 Å². The highest BCUT2D eigenvalue weighted by Gasteiger charge is 2.12. The Balaban J connectivity index is 2.70. The van der Waals surface area contributed by atoms with Crippen molar-refractivity contribution in [2.45, 2.75) is 26.3 Å². The molecule has 0 aliphatic rings. The van der Waals surface area contributed by atoms with Gasteiger partial charge in [0.2, 0.25) is 0 Å². The smallest absolute Gasteiger partial charge is 0.159 e. The van der Waals surface area contributed by atoms with Gasteiger partial charge < -0.3 is 5.32 Å². The second-order valence-corrected chi connectivity index (χ2v) is 5.01. The highest BCUT2D eigenvalue weighted by Crippen LogP contribution is 2.20. The molecule has 0 aromatic heterocycles. The minimum Gasteiger partial charge on any atom is -0.310 e. The van der Waals surface area contributed by atoms with Crippen LogP contribution in [0.25, 0.3) is 0 Å². The highest BCUT2D eigenvalue weighted by molar-refractivity contribution is 7.99. The third-order valence-corrected chi connectivity index (χ3v) is 3.70. The maximum Gasteiger partial charge on any atom is 0.159 e. The second kappa shape index (κ2) is 7.67. The molecule has 1 aromatic carbocycles. The van der Waals surface area contributed by atoms with Gasteiger partial charge in [-0.05, 0) is 36.4 Å². The number of thioether (sulfide) groups is 1. The van der Waals surface area contributed by atoms with Gasteiger partial charge in [-0.15, -0.1) is 0 Å². The number of hydrogen-bond donors (Lipinski definition) is 1. The van der Waals surface area contributed by atoms with Crippen molar-refractivity contribution < 1.29 is 8.78 Å².